The van der Waals surface area contributed by atoms with Gasteiger partial charge in [0, 0.05) is 63.8 Å². The van der Waals surface area contributed by atoms with Gasteiger partial charge in [0.1, 0.15) is 17.7 Å². The van der Waals surface area contributed by atoms with Gasteiger partial charge in [0.15, 0.2) is 0 Å². The molecule has 0 saturated carbocycles. The fourth-order valence-corrected chi connectivity index (χ4v) is 4.15. The molecule has 1 N–H and O–H groups in total. The molecule has 26 heavy (non-hydrogen) atoms. The molecule has 0 bridgehead atoms. The Morgan fingerprint density at radius 1 is 1.23 bits per heavy atom. The van der Waals surface area contributed by atoms with E-state index in [1.807, 2.05) is 24.5 Å². The van der Waals surface area contributed by atoms with Gasteiger partial charge >= 0.3 is 0 Å². The van der Waals surface area contributed by atoms with E-state index in [1.165, 1.54) is 6.42 Å². The van der Waals surface area contributed by atoms with Gasteiger partial charge in [-0.3, -0.25) is 0 Å². The van der Waals surface area contributed by atoms with Crippen molar-refractivity contribution in [3.63, 3.8) is 0 Å². The first kappa shape index (κ1) is 17.4. The summed E-state index contributed by atoms with van der Waals surface area (Å²) in [6.07, 6.45) is 10.3. The average Bonchev–Trinajstić information content (AvgIpc) is 3.10. The van der Waals surface area contributed by atoms with Crippen LogP contribution in [0.4, 0.5) is 5.82 Å². The van der Waals surface area contributed by atoms with Gasteiger partial charge in [-0.1, -0.05) is 0 Å². The zero-order valence-corrected chi connectivity index (χ0v) is 15.4. The molecule has 140 valence electrons. The largest absolute Gasteiger partial charge is 0.370 e. The van der Waals surface area contributed by atoms with Crippen molar-refractivity contribution in [1.29, 1.82) is 0 Å². The van der Waals surface area contributed by atoms with Crippen LogP contribution >= 0.6 is 0 Å². The van der Waals surface area contributed by atoms with Crippen molar-refractivity contribution in [3.8, 4) is 0 Å². The van der Waals surface area contributed by atoms with Gasteiger partial charge in [0.05, 0.1) is 0 Å². The second-order valence-electron chi connectivity index (χ2n) is 7.42. The maximum absolute atomic E-state index is 6.12. The lowest BCUT2D eigenvalue weighted by atomic mass is 9.92. The number of nitrogens with zero attached hydrogens (tertiary/aromatic N) is 5. The number of nitrogens with one attached hydrogen (secondary N) is 1. The number of hydrogen-bond donors (Lipinski definition) is 1. The van der Waals surface area contributed by atoms with Crippen molar-refractivity contribution in [2.24, 2.45) is 13.0 Å². The van der Waals surface area contributed by atoms with Crippen LogP contribution in [-0.4, -0.2) is 56.9 Å². The summed E-state index contributed by atoms with van der Waals surface area (Å²) in [7, 11) is 2.06. The molecule has 2 aliphatic heterocycles. The third kappa shape index (κ3) is 4.04. The van der Waals surface area contributed by atoms with Crippen LogP contribution in [0.1, 0.15) is 37.6 Å². The van der Waals surface area contributed by atoms with E-state index in [-0.39, 0.29) is 6.10 Å². The Bertz CT molecular complexity index is 682. The number of likely N-dealkylation sites (tertiary alicyclic amines) is 1. The van der Waals surface area contributed by atoms with E-state index < -0.39 is 0 Å². The van der Waals surface area contributed by atoms with Gasteiger partial charge in [-0.25, -0.2) is 4.98 Å². The second-order valence-corrected chi connectivity index (χ2v) is 7.42. The van der Waals surface area contributed by atoms with Gasteiger partial charge in [-0.2, -0.15) is 5.10 Å². The minimum absolute atomic E-state index is 0.124. The van der Waals surface area contributed by atoms with Crippen molar-refractivity contribution >= 4 is 5.82 Å². The lowest BCUT2D eigenvalue weighted by molar-refractivity contribution is -0.0466. The minimum Gasteiger partial charge on any atom is -0.370 e. The van der Waals surface area contributed by atoms with Gasteiger partial charge in [-0.05, 0) is 37.8 Å². The zero-order valence-electron chi connectivity index (χ0n) is 15.4. The van der Waals surface area contributed by atoms with Crippen LogP contribution in [0.5, 0.6) is 0 Å². The molecule has 4 heterocycles. The number of aryl methyl sites for hydroxylation is 1. The summed E-state index contributed by atoms with van der Waals surface area (Å²) in [6.45, 7) is 4.16. The van der Waals surface area contributed by atoms with Crippen LogP contribution < -0.4 is 5.32 Å². The van der Waals surface area contributed by atoms with Crippen LogP contribution in [0, 0.1) is 5.92 Å². The van der Waals surface area contributed by atoms with Gasteiger partial charge in [0.25, 0.3) is 0 Å². The summed E-state index contributed by atoms with van der Waals surface area (Å²) >= 11 is 0. The number of anilines is 1. The smallest absolute Gasteiger partial charge is 0.148 e. The predicted molar refractivity (Wildman–Crippen MR) is 99.7 cm³/mol. The fraction of sp³-hybridized carbons (Fsp3) is 0.632. The Kier molecular flexibility index (Phi) is 5.45. The lowest BCUT2D eigenvalue weighted by Crippen LogP contribution is -2.43. The Balaban J connectivity index is 1.31. The summed E-state index contributed by atoms with van der Waals surface area (Å²) in [5, 5.41) is 11.6. The summed E-state index contributed by atoms with van der Waals surface area (Å²) in [6, 6.07) is 4.39. The van der Waals surface area contributed by atoms with E-state index in [0.29, 0.717) is 12.0 Å². The van der Waals surface area contributed by atoms with Crippen LogP contribution in [0.2, 0.25) is 0 Å². The molecule has 2 aromatic heterocycles. The van der Waals surface area contributed by atoms with Gasteiger partial charge in [0.2, 0.25) is 0 Å². The Labute approximate surface area is 154 Å². The monoisotopic (exact) mass is 356 g/mol. The molecule has 0 aromatic carbocycles. The molecule has 2 aliphatic rings. The zero-order chi connectivity index (χ0) is 17.8. The number of ether oxygens (including phenoxy) is 1. The average molecular weight is 356 g/mol. The molecule has 0 radical (unpaired) electrons. The maximum atomic E-state index is 6.12. The highest BCUT2D eigenvalue weighted by Crippen LogP contribution is 2.33. The van der Waals surface area contributed by atoms with E-state index in [9.17, 15) is 0 Å². The summed E-state index contributed by atoms with van der Waals surface area (Å²) < 4.78 is 8.22. The first-order chi connectivity index (χ1) is 12.8. The molecule has 2 fully saturated rings. The lowest BCUT2D eigenvalue weighted by Gasteiger charge is -2.38. The highest BCUT2D eigenvalue weighted by Gasteiger charge is 2.32. The highest BCUT2D eigenvalue weighted by atomic mass is 16.5. The number of imidazole rings is 1. The Morgan fingerprint density at radius 2 is 2.12 bits per heavy atom. The molecule has 7 nitrogen and oxygen atoms in total. The topological polar surface area (TPSA) is 68.1 Å². The van der Waals surface area contributed by atoms with E-state index >= 15 is 0 Å². The standard InChI is InChI=1S/C19H28N6O/c1-24-12-9-20-19(24)18-15(4-3-13-26-18)14-25-10-6-16(7-11-25)22-17-5-2-8-21-23-17/h2,5,8-9,12,15-16,18H,3-4,6-7,10-11,13-14H2,1H3,(H,22,23)/t15-,18+/m0/s1. The van der Waals surface area contributed by atoms with Crippen molar-refractivity contribution in [2.75, 3.05) is 31.6 Å². The van der Waals surface area contributed by atoms with Crippen LogP contribution in [-0.2, 0) is 11.8 Å². The van der Waals surface area contributed by atoms with Crippen LogP contribution in [0.3, 0.4) is 0 Å². The van der Waals surface area contributed by atoms with E-state index in [4.69, 9.17) is 4.74 Å². The summed E-state index contributed by atoms with van der Waals surface area (Å²) in [5.41, 5.74) is 0. The molecule has 0 spiro atoms. The molecule has 7 heteroatoms. The Hall–Kier alpha value is -1.99. The first-order valence-corrected chi connectivity index (χ1v) is 9.65. The number of aromatic nitrogens is 4. The second kappa shape index (κ2) is 8.14. The maximum Gasteiger partial charge on any atom is 0.148 e. The molecule has 0 unspecified atom stereocenters. The first-order valence-electron chi connectivity index (χ1n) is 9.65. The summed E-state index contributed by atoms with van der Waals surface area (Å²) in [5.74, 6) is 2.46. The third-order valence-corrected chi connectivity index (χ3v) is 5.56. The molecular formula is C19H28N6O. The normalized spacial score (nSPS) is 25.3. The fourth-order valence-electron chi connectivity index (χ4n) is 4.15. The van der Waals surface area contributed by atoms with E-state index in [2.05, 4.69) is 37.0 Å². The number of rotatable bonds is 5. The molecule has 2 aromatic rings. The molecule has 4 rings (SSSR count). The van der Waals surface area contributed by atoms with Crippen molar-refractivity contribution in [1.82, 2.24) is 24.6 Å². The highest BCUT2D eigenvalue weighted by molar-refractivity contribution is 5.33. The van der Waals surface area contributed by atoms with Crippen LogP contribution in [0.25, 0.3) is 0 Å². The van der Waals surface area contributed by atoms with Crippen molar-refractivity contribution < 1.29 is 4.74 Å². The molecule has 0 amide bonds. The van der Waals surface area contributed by atoms with Gasteiger partial charge < -0.3 is 19.5 Å². The molecule has 0 aliphatic carbocycles. The number of hydrogen-bond acceptors (Lipinski definition) is 6. The molecular weight excluding hydrogens is 328 g/mol. The summed E-state index contributed by atoms with van der Waals surface area (Å²) in [4.78, 5) is 7.13. The third-order valence-electron chi connectivity index (χ3n) is 5.56. The number of piperidine rings is 1. The Morgan fingerprint density at radius 3 is 2.85 bits per heavy atom. The SMILES string of the molecule is Cn1ccnc1[C@@H]1OCCC[C@H]1CN1CCC(Nc2cccnn2)CC1. The predicted octanol–water partition coefficient (Wildman–Crippen LogP) is 2.25. The van der Waals surface area contributed by atoms with Gasteiger partial charge in [-0.15, -0.1) is 5.10 Å². The molecule has 2 atom stereocenters. The molecule has 2 saturated heterocycles. The quantitative estimate of drug-likeness (QED) is 0.886. The van der Waals surface area contributed by atoms with E-state index in [0.717, 1.165) is 57.1 Å². The van der Waals surface area contributed by atoms with Crippen LogP contribution in [0.15, 0.2) is 30.7 Å². The minimum atomic E-state index is 0.124. The van der Waals surface area contributed by atoms with E-state index in [1.54, 1.807) is 6.20 Å². The van der Waals surface area contributed by atoms with Crippen molar-refractivity contribution in [2.45, 2.75) is 37.8 Å². The van der Waals surface area contributed by atoms with Crippen molar-refractivity contribution in [3.05, 3.63) is 36.5 Å².